The van der Waals surface area contributed by atoms with Crippen molar-refractivity contribution in [2.75, 3.05) is 27.2 Å². The van der Waals surface area contributed by atoms with Crippen LogP contribution in [-0.4, -0.2) is 55.6 Å². The topological polar surface area (TPSA) is 104 Å². The minimum absolute atomic E-state index is 0.310. The monoisotopic (exact) mass is 331 g/mol. The molecule has 0 aliphatic rings. The van der Waals surface area contributed by atoms with Gasteiger partial charge in [-0.1, -0.05) is 36.9 Å². The van der Waals surface area contributed by atoms with Gasteiger partial charge in [0.1, 0.15) is 6.61 Å². The molecular weight excluding hydrogens is 310 g/mol. The highest BCUT2D eigenvalue weighted by atomic mass is 32.3. The maximum absolute atomic E-state index is 11.6. The van der Waals surface area contributed by atoms with E-state index in [2.05, 4.69) is 6.58 Å². The van der Waals surface area contributed by atoms with E-state index >= 15 is 0 Å². The van der Waals surface area contributed by atoms with Gasteiger partial charge in [-0.25, -0.2) is 4.79 Å². The van der Waals surface area contributed by atoms with Gasteiger partial charge in [0.25, 0.3) is 0 Å². The van der Waals surface area contributed by atoms with Crippen LogP contribution in [0.2, 0.25) is 0 Å². The van der Waals surface area contributed by atoms with Gasteiger partial charge in [-0.2, -0.15) is 8.42 Å². The summed E-state index contributed by atoms with van der Waals surface area (Å²) in [5.41, 5.74) is 1.57. The Kier molecular flexibility index (Phi) is 9.27. The molecule has 0 amide bonds. The van der Waals surface area contributed by atoms with Gasteiger partial charge in [-0.3, -0.25) is 9.11 Å². The second kappa shape index (κ2) is 10.1. The number of hydrogen-bond acceptors (Lipinski definition) is 5. The Balaban J connectivity index is 0.000000763. The molecule has 0 saturated carbocycles. The van der Waals surface area contributed by atoms with Gasteiger partial charge in [-0.05, 0) is 19.7 Å². The molecule has 1 rings (SSSR count). The van der Waals surface area contributed by atoms with Gasteiger partial charge >= 0.3 is 16.4 Å². The van der Waals surface area contributed by atoms with Crippen molar-refractivity contribution in [3.63, 3.8) is 0 Å². The zero-order valence-electron chi connectivity index (χ0n) is 12.6. The number of ether oxygens (including phenoxy) is 1. The van der Waals surface area contributed by atoms with Crippen LogP contribution in [0.15, 0.2) is 42.5 Å². The van der Waals surface area contributed by atoms with Gasteiger partial charge < -0.3 is 9.64 Å². The highest BCUT2D eigenvalue weighted by molar-refractivity contribution is 7.79. The van der Waals surface area contributed by atoms with E-state index in [1.54, 1.807) is 0 Å². The van der Waals surface area contributed by atoms with Gasteiger partial charge in [0.15, 0.2) is 0 Å². The van der Waals surface area contributed by atoms with E-state index in [9.17, 15) is 4.79 Å². The number of nitrogens with zero attached hydrogens (tertiary/aromatic N) is 1. The van der Waals surface area contributed by atoms with Crippen LogP contribution in [0.4, 0.5) is 0 Å². The molecule has 0 aliphatic heterocycles. The minimum Gasteiger partial charge on any atom is -0.461 e. The third kappa shape index (κ3) is 13.3. The van der Waals surface area contributed by atoms with Crippen molar-refractivity contribution in [3.05, 3.63) is 48.0 Å². The summed E-state index contributed by atoms with van der Waals surface area (Å²) in [6, 6.07) is 9.78. The second-order valence-electron chi connectivity index (χ2n) is 4.65. The molecule has 0 bridgehead atoms. The summed E-state index contributed by atoms with van der Waals surface area (Å²) in [6.45, 7) is 4.89. The largest absolute Gasteiger partial charge is 0.461 e. The lowest BCUT2D eigenvalue weighted by Crippen LogP contribution is -2.21. The Labute approximate surface area is 130 Å². The van der Waals surface area contributed by atoms with Crippen LogP contribution in [0.1, 0.15) is 5.56 Å². The summed E-state index contributed by atoms with van der Waals surface area (Å²) >= 11 is 0. The van der Waals surface area contributed by atoms with E-state index in [1.165, 1.54) is 0 Å². The molecular formula is C14H21NO6S. The molecule has 8 heteroatoms. The van der Waals surface area contributed by atoms with E-state index in [0.29, 0.717) is 18.6 Å². The molecule has 0 spiro atoms. The van der Waals surface area contributed by atoms with Crippen LogP contribution in [0, 0.1) is 0 Å². The van der Waals surface area contributed by atoms with Crippen LogP contribution >= 0.6 is 0 Å². The van der Waals surface area contributed by atoms with Crippen LogP contribution in [0.3, 0.4) is 0 Å². The van der Waals surface area contributed by atoms with Crippen molar-refractivity contribution < 1.29 is 27.1 Å². The van der Waals surface area contributed by atoms with Crippen molar-refractivity contribution in [1.29, 1.82) is 0 Å². The summed E-state index contributed by atoms with van der Waals surface area (Å²) < 4.78 is 36.7. The van der Waals surface area contributed by atoms with E-state index in [0.717, 1.165) is 12.1 Å². The van der Waals surface area contributed by atoms with Crippen LogP contribution in [0.5, 0.6) is 0 Å². The fourth-order valence-electron chi connectivity index (χ4n) is 1.34. The number of benzene rings is 1. The molecule has 0 heterocycles. The number of hydrogen-bond donors (Lipinski definition) is 2. The lowest BCUT2D eigenvalue weighted by molar-refractivity contribution is -0.139. The van der Waals surface area contributed by atoms with Crippen molar-refractivity contribution in [3.8, 4) is 0 Å². The molecule has 0 atom stereocenters. The summed E-state index contributed by atoms with van der Waals surface area (Å²) in [4.78, 5) is 13.6. The van der Waals surface area contributed by atoms with Gasteiger partial charge in [0, 0.05) is 18.5 Å². The van der Waals surface area contributed by atoms with E-state index in [1.807, 2.05) is 49.3 Å². The average Bonchev–Trinajstić information content (AvgIpc) is 2.37. The smallest absolute Gasteiger partial charge is 0.394 e. The molecule has 1 aromatic carbocycles. The summed E-state index contributed by atoms with van der Waals surface area (Å²) in [5.74, 6) is -0.310. The molecule has 0 saturated heterocycles. The SMILES string of the molecule is C=C(Cc1ccccc1)C(=O)OCCN(C)C.O=S(=O)(O)O. The molecule has 2 N–H and O–H groups in total. The summed E-state index contributed by atoms with van der Waals surface area (Å²) in [6.07, 6.45) is 0.543. The number of rotatable bonds is 6. The standard InChI is InChI=1S/C14H19NO2.H2O4S/c1-12(11-13-7-5-4-6-8-13)14(16)17-10-9-15(2)3;1-5(2,3)4/h4-8H,1,9-11H2,2-3H3;(H2,1,2,3,4). The first kappa shape index (κ1) is 20.3. The highest BCUT2D eigenvalue weighted by Crippen LogP contribution is 2.07. The third-order valence-corrected chi connectivity index (χ3v) is 2.32. The first-order valence-corrected chi connectivity index (χ1v) is 7.72. The van der Waals surface area contributed by atoms with Crippen molar-refractivity contribution in [2.45, 2.75) is 6.42 Å². The van der Waals surface area contributed by atoms with Crippen molar-refractivity contribution in [1.82, 2.24) is 4.90 Å². The molecule has 0 aromatic heterocycles. The fraction of sp³-hybridized carbons (Fsp3) is 0.357. The zero-order chi connectivity index (χ0) is 17.2. The van der Waals surface area contributed by atoms with Crippen molar-refractivity contribution in [2.24, 2.45) is 0 Å². The predicted octanol–water partition coefficient (Wildman–Crippen LogP) is 1.24. The lowest BCUT2D eigenvalue weighted by Gasteiger charge is -2.11. The molecule has 0 aliphatic carbocycles. The maximum atomic E-state index is 11.6. The Morgan fingerprint density at radius 2 is 1.73 bits per heavy atom. The molecule has 1 aromatic rings. The van der Waals surface area contributed by atoms with Crippen LogP contribution in [0.25, 0.3) is 0 Å². The normalized spacial score (nSPS) is 10.6. The molecule has 0 fully saturated rings. The Morgan fingerprint density at radius 3 is 2.18 bits per heavy atom. The maximum Gasteiger partial charge on any atom is 0.394 e. The summed E-state index contributed by atoms with van der Waals surface area (Å²) in [5, 5.41) is 0. The molecule has 0 unspecified atom stereocenters. The molecule has 22 heavy (non-hydrogen) atoms. The Hall–Kier alpha value is -1.74. The van der Waals surface area contributed by atoms with E-state index < -0.39 is 10.4 Å². The number of likely N-dealkylation sites (N-methyl/N-ethyl adjacent to an activating group) is 1. The van der Waals surface area contributed by atoms with Crippen LogP contribution in [-0.2, 0) is 26.4 Å². The van der Waals surface area contributed by atoms with E-state index in [-0.39, 0.29) is 5.97 Å². The second-order valence-corrected chi connectivity index (χ2v) is 5.55. The molecule has 0 radical (unpaired) electrons. The Morgan fingerprint density at radius 1 is 1.23 bits per heavy atom. The van der Waals surface area contributed by atoms with Crippen LogP contribution < -0.4 is 0 Å². The molecule has 124 valence electrons. The predicted molar refractivity (Wildman–Crippen MR) is 83.0 cm³/mol. The molecule has 7 nitrogen and oxygen atoms in total. The first-order chi connectivity index (χ1) is 10.1. The van der Waals surface area contributed by atoms with Gasteiger partial charge in [-0.15, -0.1) is 0 Å². The zero-order valence-corrected chi connectivity index (χ0v) is 13.4. The minimum atomic E-state index is -4.67. The summed E-state index contributed by atoms with van der Waals surface area (Å²) in [7, 11) is -0.792. The van der Waals surface area contributed by atoms with Crippen molar-refractivity contribution >= 4 is 16.4 Å². The average molecular weight is 331 g/mol. The van der Waals surface area contributed by atoms with E-state index in [4.69, 9.17) is 22.3 Å². The quantitative estimate of drug-likeness (QED) is 0.459. The van der Waals surface area contributed by atoms with Gasteiger partial charge in [0.05, 0.1) is 0 Å². The Bertz CT molecular complexity index is 560. The van der Waals surface area contributed by atoms with Gasteiger partial charge in [0.2, 0.25) is 0 Å². The fourth-order valence-corrected chi connectivity index (χ4v) is 1.34. The highest BCUT2D eigenvalue weighted by Gasteiger charge is 2.09. The number of carbonyl (C=O) groups is 1. The first-order valence-electron chi connectivity index (χ1n) is 6.33. The third-order valence-electron chi connectivity index (χ3n) is 2.32. The lowest BCUT2D eigenvalue weighted by atomic mass is 10.1. The number of esters is 1. The number of carbonyl (C=O) groups excluding carboxylic acids is 1.